The molecule has 13 heavy (non-hydrogen) atoms. The third-order valence-electron chi connectivity index (χ3n) is 0.887. The number of aliphatic carboxylic acids is 1. The second-order valence-electron chi connectivity index (χ2n) is 3.39. The van der Waals surface area contributed by atoms with Gasteiger partial charge in [0.1, 0.15) is 5.60 Å². The summed E-state index contributed by atoms with van der Waals surface area (Å²) < 4.78 is 4.69. The molecule has 1 atom stereocenters. The molecule has 0 saturated carbocycles. The van der Waals surface area contributed by atoms with Crippen molar-refractivity contribution in [2.45, 2.75) is 32.6 Å². The van der Waals surface area contributed by atoms with E-state index in [0.717, 1.165) is 0 Å². The fourth-order valence-electron chi connectivity index (χ4n) is 0.481. The molecule has 0 aliphatic rings. The Bertz CT molecular complexity index is 207. The fourth-order valence-corrected chi connectivity index (χ4v) is 0.481. The zero-order valence-corrected chi connectivity index (χ0v) is 7.70. The molecule has 0 rings (SSSR count). The summed E-state index contributed by atoms with van der Waals surface area (Å²) in [7, 11) is 0. The molecule has 0 bridgehead atoms. The third-order valence-corrected chi connectivity index (χ3v) is 0.887. The molecule has 0 aliphatic carbocycles. The molecule has 0 aliphatic heterocycles. The van der Waals surface area contributed by atoms with E-state index < -0.39 is 23.9 Å². The van der Waals surface area contributed by atoms with Crippen LogP contribution in [0.3, 0.4) is 0 Å². The number of nitrogens with one attached hydrogen (secondary N) is 1. The molecule has 3 N–H and O–H groups in total. The molecule has 0 unspecified atom stereocenters. The maximum atomic E-state index is 10.8. The first kappa shape index (κ1) is 11.7. The molecule has 0 spiro atoms. The van der Waals surface area contributed by atoms with Gasteiger partial charge >= 0.3 is 12.1 Å². The molecule has 6 heteroatoms. The van der Waals surface area contributed by atoms with Gasteiger partial charge in [0.15, 0.2) is 0 Å². The number of carbonyl (C=O) groups excluding carboxylic acids is 1. The number of aliphatic hydroxyl groups excluding tert-OH is 1. The van der Waals surface area contributed by atoms with Crippen LogP contribution in [0.5, 0.6) is 0 Å². The highest BCUT2D eigenvalue weighted by Gasteiger charge is 2.21. The Morgan fingerprint density at radius 2 is 1.85 bits per heavy atom. The van der Waals surface area contributed by atoms with Crippen LogP contribution in [0.15, 0.2) is 0 Å². The van der Waals surface area contributed by atoms with Gasteiger partial charge in [-0.2, -0.15) is 0 Å². The van der Waals surface area contributed by atoms with Gasteiger partial charge in [-0.15, -0.1) is 0 Å². The minimum Gasteiger partial charge on any atom is -0.478 e. The quantitative estimate of drug-likeness (QED) is 0.530. The van der Waals surface area contributed by atoms with Crippen LogP contribution in [-0.4, -0.2) is 34.1 Å². The van der Waals surface area contributed by atoms with Gasteiger partial charge in [0.05, 0.1) is 0 Å². The second kappa shape index (κ2) is 4.08. The van der Waals surface area contributed by atoms with Gasteiger partial charge < -0.3 is 14.9 Å². The molecular weight excluding hydrogens is 178 g/mol. The number of carboxylic acids is 1. The Morgan fingerprint density at radius 3 is 2.15 bits per heavy atom. The normalized spacial score (nSPS) is 13.2. The topological polar surface area (TPSA) is 95.9 Å². The van der Waals surface area contributed by atoms with Crippen LogP contribution in [-0.2, 0) is 9.53 Å². The SMILES string of the molecule is CC(C)(C)OC(=O)N[C@H](O)C(=O)O. The van der Waals surface area contributed by atoms with Gasteiger partial charge in [0.2, 0.25) is 6.23 Å². The van der Waals surface area contributed by atoms with Gasteiger partial charge in [-0.1, -0.05) is 0 Å². The predicted molar refractivity (Wildman–Crippen MR) is 43.0 cm³/mol. The smallest absolute Gasteiger partial charge is 0.410 e. The number of amides is 1. The predicted octanol–water partition coefficient (Wildman–Crippen LogP) is -0.0859. The van der Waals surface area contributed by atoms with E-state index in [1.165, 1.54) is 0 Å². The highest BCUT2D eigenvalue weighted by molar-refractivity contribution is 5.78. The lowest BCUT2D eigenvalue weighted by molar-refractivity contribution is -0.148. The summed E-state index contributed by atoms with van der Waals surface area (Å²) in [5.41, 5.74) is -0.720. The summed E-state index contributed by atoms with van der Waals surface area (Å²) in [5.74, 6) is -1.54. The van der Waals surface area contributed by atoms with Crippen LogP contribution in [0, 0.1) is 0 Å². The molecule has 0 aromatic heterocycles. The van der Waals surface area contributed by atoms with Crippen molar-refractivity contribution in [3.8, 4) is 0 Å². The highest BCUT2D eigenvalue weighted by atomic mass is 16.6. The second-order valence-corrected chi connectivity index (χ2v) is 3.39. The molecule has 0 aromatic rings. The van der Waals surface area contributed by atoms with E-state index in [1.54, 1.807) is 26.1 Å². The first-order chi connectivity index (χ1) is 5.72. The van der Waals surface area contributed by atoms with Gasteiger partial charge in [0.25, 0.3) is 0 Å². The summed E-state index contributed by atoms with van der Waals surface area (Å²) in [4.78, 5) is 20.9. The van der Waals surface area contributed by atoms with Crippen molar-refractivity contribution in [1.82, 2.24) is 5.32 Å². The lowest BCUT2D eigenvalue weighted by Gasteiger charge is -2.20. The lowest BCUT2D eigenvalue weighted by atomic mass is 10.2. The van der Waals surface area contributed by atoms with E-state index in [1.807, 2.05) is 0 Å². The van der Waals surface area contributed by atoms with E-state index >= 15 is 0 Å². The van der Waals surface area contributed by atoms with E-state index in [0.29, 0.717) is 0 Å². The van der Waals surface area contributed by atoms with E-state index in [2.05, 4.69) is 4.74 Å². The summed E-state index contributed by atoms with van der Waals surface area (Å²) in [6, 6.07) is 0. The molecule has 6 nitrogen and oxygen atoms in total. The maximum Gasteiger partial charge on any atom is 0.410 e. The average Bonchev–Trinajstić information content (AvgIpc) is 1.81. The summed E-state index contributed by atoms with van der Waals surface area (Å²) in [6.45, 7) is 4.87. The van der Waals surface area contributed by atoms with Crippen LogP contribution in [0.25, 0.3) is 0 Å². The van der Waals surface area contributed by atoms with Gasteiger partial charge in [-0.25, -0.2) is 9.59 Å². The van der Waals surface area contributed by atoms with Crippen molar-refractivity contribution in [1.29, 1.82) is 0 Å². The molecule has 0 aromatic carbocycles. The number of rotatable bonds is 2. The van der Waals surface area contributed by atoms with Crippen molar-refractivity contribution < 1.29 is 24.5 Å². The number of hydrogen-bond donors (Lipinski definition) is 3. The number of carboxylic acid groups (broad SMARTS) is 1. The number of alkyl carbamates (subject to hydrolysis) is 1. The van der Waals surface area contributed by atoms with E-state index in [9.17, 15) is 9.59 Å². The number of carbonyl (C=O) groups is 2. The fraction of sp³-hybridized carbons (Fsp3) is 0.714. The van der Waals surface area contributed by atoms with E-state index in [-0.39, 0.29) is 0 Å². The van der Waals surface area contributed by atoms with Crippen molar-refractivity contribution in [3.63, 3.8) is 0 Å². The zero-order chi connectivity index (χ0) is 10.6. The van der Waals surface area contributed by atoms with Crippen LogP contribution < -0.4 is 5.32 Å². The van der Waals surface area contributed by atoms with Crippen LogP contribution in [0.2, 0.25) is 0 Å². The molecular formula is C7H13NO5. The van der Waals surface area contributed by atoms with Gasteiger partial charge in [0, 0.05) is 0 Å². The Morgan fingerprint density at radius 1 is 1.38 bits per heavy atom. The highest BCUT2D eigenvalue weighted by Crippen LogP contribution is 2.06. The largest absolute Gasteiger partial charge is 0.478 e. The monoisotopic (exact) mass is 191 g/mol. The Balaban J connectivity index is 3.96. The molecule has 1 amide bonds. The Kier molecular flexibility index (Phi) is 3.68. The van der Waals surface area contributed by atoms with Gasteiger partial charge in [-0.3, -0.25) is 5.32 Å². The third kappa shape index (κ3) is 5.92. The molecule has 0 saturated heterocycles. The minimum atomic E-state index is -1.94. The standard InChI is InChI=1S/C7H13NO5/c1-7(2,3)13-6(12)8-4(9)5(10)11/h4,9H,1-3H3,(H,8,12)(H,10,11)/t4-/m1/s1. The van der Waals surface area contributed by atoms with E-state index in [4.69, 9.17) is 10.2 Å². The van der Waals surface area contributed by atoms with Crippen LogP contribution >= 0.6 is 0 Å². The summed E-state index contributed by atoms with van der Waals surface area (Å²) >= 11 is 0. The lowest BCUT2D eigenvalue weighted by Crippen LogP contribution is -2.43. The Labute approximate surface area is 75.5 Å². The van der Waals surface area contributed by atoms with Crippen molar-refractivity contribution >= 4 is 12.1 Å². The zero-order valence-electron chi connectivity index (χ0n) is 7.70. The first-order valence-corrected chi connectivity index (χ1v) is 3.63. The number of hydrogen-bond acceptors (Lipinski definition) is 4. The molecule has 76 valence electrons. The molecule has 0 heterocycles. The van der Waals surface area contributed by atoms with Crippen molar-refractivity contribution in [2.75, 3.05) is 0 Å². The van der Waals surface area contributed by atoms with Crippen LogP contribution in [0.1, 0.15) is 20.8 Å². The minimum absolute atomic E-state index is 0.720. The maximum absolute atomic E-state index is 10.8. The molecule has 0 radical (unpaired) electrons. The van der Waals surface area contributed by atoms with Crippen molar-refractivity contribution in [2.24, 2.45) is 0 Å². The van der Waals surface area contributed by atoms with Gasteiger partial charge in [-0.05, 0) is 20.8 Å². The Hall–Kier alpha value is -1.30. The first-order valence-electron chi connectivity index (χ1n) is 3.63. The average molecular weight is 191 g/mol. The molecule has 0 fully saturated rings. The summed E-state index contributed by atoms with van der Waals surface area (Å²) in [5, 5.41) is 18.6. The summed E-state index contributed by atoms with van der Waals surface area (Å²) in [6.07, 6.45) is -2.91. The number of ether oxygens (including phenoxy) is 1. The van der Waals surface area contributed by atoms with Crippen LogP contribution in [0.4, 0.5) is 4.79 Å². The number of aliphatic hydroxyl groups is 1. The van der Waals surface area contributed by atoms with Crippen molar-refractivity contribution in [3.05, 3.63) is 0 Å².